The summed E-state index contributed by atoms with van der Waals surface area (Å²) in [5.74, 6) is 0.440. The minimum absolute atomic E-state index is 0.249. The van der Waals surface area contributed by atoms with Crippen LogP contribution in [-0.4, -0.2) is 23.5 Å². The molecule has 0 amide bonds. The van der Waals surface area contributed by atoms with Gasteiger partial charge in [0, 0.05) is 11.9 Å². The van der Waals surface area contributed by atoms with Crippen LogP contribution >= 0.6 is 12.8 Å². The van der Waals surface area contributed by atoms with Crippen LogP contribution in [0.3, 0.4) is 0 Å². The molecule has 1 fully saturated rings. The zero-order valence-corrected chi connectivity index (χ0v) is 15.5. The first-order chi connectivity index (χ1) is 10.4. The van der Waals surface area contributed by atoms with E-state index in [4.69, 9.17) is 9.47 Å². The second-order valence-corrected chi connectivity index (χ2v) is 6.40. The lowest BCUT2D eigenvalue weighted by molar-refractivity contribution is -0.139. The van der Waals surface area contributed by atoms with Gasteiger partial charge in [0.25, 0.3) is 0 Å². The maximum atomic E-state index is 5.74. The van der Waals surface area contributed by atoms with E-state index in [0.29, 0.717) is 0 Å². The Bertz CT molecular complexity index is 369. The molecule has 0 spiro atoms. The Balaban J connectivity index is 0.000000640. The molecule has 0 aromatic carbocycles. The van der Waals surface area contributed by atoms with E-state index in [1.54, 1.807) is 0 Å². The molecule has 2 heterocycles. The van der Waals surface area contributed by atoms with Gasteiger partial charge in [-0.25, -0.2) is 0 Å². The van der Waals surface area contributed by atoms with Crippen LogP contribution in [0.2, 0.25) is 0 Å². The van der Waals surface area contributed by atoms with Gasteiger partial charge in [-0.2, -0.15) is 0 Å². The molecule has 128 valence electrons. The van der Waals surface area contributed by atoms with E-state index in [0.717, 1.165) is 37.5 Å². The second kappa shape index (κ2) is 11.9. The maximum Gasteiger partial charge on any atom is 0.163 e. The number of thiol groups is 1. The Hall–Kier alpha value is -0.620. The van der Waals surface area contributed by atoms with Gasteiger partial charge >= 0.3 is 0 Å². The van der Waals surface area contributed by atoms with E-state index in [9.17, 15) is 0 Å². The highest BCUT2D eigenvalue weighted by Crippen LogP contribution is 2.25. The van der Waals surface area contributed by atoms with Crippen LogP contribution in [0.4, 0.5) is 0 Å². The minimum Gasteiger partial charge on any atom is -0.348 e. The first-order valence-corrected chi connectivity index (χ1v) is 8.38. The van der Waals surface area contributed by atoms with Gasteiger partial charge in [-0.1, -0.05) is 26.8 Å². The van der Waals surface area contributed by atoms with Crippen LogP contribution in [0, 0.1) is 5.92 Å². The van der Waals surface area contributed by atoms with Crippen molar-refractivity contribution >= 4 is 12.8 Å². The molecule has 1 aromatic heterocycles. The molecule has 1 aliphatic heterocycles. The number of pyridine rings is 1. The minimum atomic E-state index is -0.393. The second-order valence-electron chi connectivity index (χ2n) is 6.40. The number of hydrogen-bond acceptors (Lipinski definition) is 5. The van der Waals surface area contributed by atoms with Crippen molar-refractivity contribution in [2.75, 3.05) is 6.61 Å². The molecule has 1 aliphatic rings. The van der Waals surface area contributed by atoms with Crippen molar-refractivity contribution in [3.8, 4) is 0 Å². The highest BCUT2D eigenvalue weighted by Gasteiger charge is 2.31. The van der Waals surface area contributed by atoms with Gasteiger partial charge in [-0.15, -0.1) is 12.8 Å². The zero-order valence-electron chi connectivity index (χ0n) is 14.6. The molecule has 1 atom stereocenters. The van der Waals surface area contributed by atoms with Crippen LogP contribution in [0.25, 0.3) is 0 Å². The van der Waals surface area contributed by atoms with Crippen LogP contribution in [-0.2, 0) is 15.9 Å². The van der Waals surface area contributed by atoms with Gasteiger partial charge in [-0.3, -0.25) is 10.1 Å². The van der Waals surface area contributed by atoms with Gasteiger partial charge in [0.15, 0.2) is 5.79 Å². The molecule has 0 radical (unpaired) electrons. The van der Waals surface area contributed by atoms with Crippen molar-refractivity contribution in [1.82, 2.24) is 4.98 Å². The number of aryl methyl sites for hydroxylation is 1. The summed E-state index contributed by atoms with van der Waals surface area (Å²) in [5, 5.41) is 4.19. The summed E-state index contributed by atoms with van der Waals surface area (Å²) in [6.07, 6.45) is 5.24. The van der Waals surface area contributed by atoms with Crippen LogP contribution in [0.5, 0.6) is 0 Å². The fraction of sp³-hybridized carbons (Fsp3) is 0.706. The van der Waals surface area contributed by atoms with Gasteiger partial charge < -0.3 is 9.47 Å². The molecule has 4 nitrogen and oxygen atoms in total. The van der Waals surface area contributed by atoms with Gasteiger partial charge in [0.05, 0.1) is 12.7 Å². The molecule has 1 saturated heterocycles. The summed E-state index contributed by atoms with van der Waals surface area (Å²) < 4.78 is 11.3. The van der Waals surface area contributed by atoms with Gasteiger partial charge in [0.1, 0.15) is 0 Å². The molecule has 0 aliphatic carbocycles. The predicted octanol–water partition coefficient (Wildman–Crippen LogP) is 4.01. The number of nitrogens with two attached hydrogens (primary N) is 1. The monoisotopic (exact) mass is 328 g/mol. The SMILES string of the molecule is CC(C)C.CC1(C)OCC(CCCc2ccccn2)O1.NS. The molecular weight excluding hydrogens is 296 g/mol. The van der Waals surface area contributed by atoms with Crippen LogP contribution < -0.4 is 5.14 Å². The molecule has 1 aromatic rings. The summed E-state index contributed by atoms with van der Waals surface area (Å²) >= 11 is 3.03. The average molecular weight is 329 g/mol. The third-order valence-corrected chi connectivity index (χ3v) is 2.75. The molecule has 0 saturated carbocycles. The summed E-state index contributed by atoms with van der Waals surface area (Å²) in [4.78, 5) is 4.30. The van der Waals surface area contributed by atoms with Gasteiger partial charge in [0.2, 0.25) is 0 Å². The normalized spacial score (nSPS) is 19.0. The van der Waals surface area contributed by atoms with Crippen molar-refractivity contribution in [2.24, 2.45) is 11.1 Å². The quantitative estimate of drug-likeness (QED) is 0.820. The average Bonchev–Trinajstić information content (AvgIpc) is 2.81. The molecule has 5 heteroatoms. The molecule has 1 unspecified atom stereocenters. The number of nitrogens with zero attached hydrogens (tertiary/aromatic N) is 1. The third-order valence-electron chi connectivity index (χ3n) is 2.75. The number of hydrogen-bond donors (Lipinski definition) is 2. The lowest BCUT2D eigenvalue weighted by Crippen LogP contribution is -2.21. The summed E-state index contributed by atoms with van der Waals surface area (Å²) in [5.41, 5.74) is 1.15. The van der Waals surface area contributed by atoms with Crippen LogP contribution in [0.15, 0.2) is 24.4 Å². The largest absolute Gasteiger partial charge is 0.348 e. The molecule has 2 N–H and O–H groups in total. The molecular formula is C17H32N2O2S. The van der Waals surface area contributed by atoms with E-state index < -0.39 is 5.79 Å². The summed E-state index contributed by atoms with van der Waals surface area (Å²) in [6.45, 7) is 11.1. The summed E-state index contributed by atoms with van der Waals surface area (Å²) in [7, 11) is 0. The highest BCUT2D eigenvalue weighted by atomic mass is 32.1. The third kappa shape index (κ3) is 11.0. The van der Waals surface area contributed by atoms with E-state index in [2.05, 4.69) is 49.8 Å². The Morgan fingerprint density at radius 1 is 1.32 bits per heavy atom. The standard InChI is InChI=1S/C13H19NO2.C4H10.H3NS/c1-13(2)15-10-12(16-13)8-5-7-11-6-3-4-9-14-11;1-4(2)3;1-2/h3-4,6,9,12H,5,7-8,10H2,1-2H3;4H,1-3H3;2H,1H2. The van der Waals surface area contributed by atoms with Crippen molar-refractivity contribution < 1.29 is 9.47 Å². The highest BCUT2D eigenvalue weighted by molar-refractivity contribution is 7.77. The van der Waals surface area contributed by atoms with Crippen molar-refractivity contribution in [3.05, 3.63) is 30.1 Å². The van der Waals surface area contributed by atoms with E-state index in [1.165, 1.54) is 0 Å². The Morgan fingerprint density at radius 2 is 1.95 bits per heavy atom. The predicted molar refractivity (Wildman–Crippen MR) is 95.8 cm³/mol. The number of aromatic nitrogens is 1. The van der Waals surface area contributed by atoms with E-state index >= 15 is 0 Å². The Morgan fingerprint density at radius 3 is 2.41 bits per heavy atom. The van der Waals surface area contributed by atoms with Crippen molar-refractivity contribution in [2.45, 2.75) is 65.8 Å². The number of ether oxygens (including phenoxy) is 2. The molecule has 0 bridgehead atoms. The number of rotatable bonds is 4. The fourth-order valence-electron chi connectivity index (χ4n) is 1.96. The summed E-state index contributed by atoms with van der Waals surface area (Å²) in [6, 6.07) is 6.04. The van der Waals surface area contributed by atoms with Gasteiger partial charge in [-0.05, 0) is 51.2 Å². The topological polar surface area (TPSA) is 57.4 Å². The maximum absolute atomic E-state index is 5.74. The first-order valence-electron chi connectivity index (χ1n) is 7.86. The van der Waals surface area contributed by atoms with Crippen molar-refractivity contribution in [3.63, 3.8) is 0 Å². The van der Waals surface area contributed by atoms with E-state index in [1.807, 2.05) is 32.2 Å². The lowest BCUT2D eigenvalue weighted by Gasteiger charge is -2.16. The molecule has 22 heavy (non-hydrogen) atoms. The van der Waals surface area contributed by atoms with Crippen molar-refractivity contribution in [1.29, 1.82) is 0 Å². The smallest absolute Gasteiger partial charge is 0.163 e. The molecule has 2 rings (SSSR count). The first kappa shape index (κ1) is 21.4. The van der Waals surface area contributed by atoms with E-state index in [-0.39, 0.29) is 6.10 Å². The lowest BCUT2D eigenvalue weighted by atomic mass is 10.1. The Labute approximate surface area is 141 Å². The van der Waals surface area contributed by atoms with Crippen LogP contribution in [0.1, 0.15) is 53.2 Å². The fourth-order valence-corrected chi connectivity index (χ4v) is 1.96. The zero-order chi connectivity index (χ0) is 17.0. The Kier molecular flexibility index (Phi) is 11.5.